The highest BCUT2D eigenvalue weighted by Crippen LogP contribution is 2.45. The number of carbonyl (C=O) groups excluding carboxylic acids is 4. The van der Waals surface area contributed by atoms with Crippen molar-refractivity contribution in [1.82, 2.24) is 0 Å². The van der Waals surface area contributed by atoms with Crippen LogP contribution in [0.4, 0.5) is 0 Å². The van der Waals surface area contributed by atoms with Crippen LogP contribution in [0, 0.1) is 11.8 Å². The third-order valence-electron chi connectivity index (χ3n) is 20.3. The van der Waals surface area contributed by atoms with Gasteiger partial charge in [-0.15, -0.1) is 0 Å². The second-order valence-corrected chi connectivity index (χ2v) is 34.2. The zero-order chi connectivity index (χ0) is 76.4. The molecule has 17 nitrogen and oxygen atoms in total. The van der Waals surface area contributed by atoms with Crippen LogP contribution in [0.3, 0.4) is 0 Å². The standard InChI is InChI=1S/C85H166O17P2/c1-7-10-12-14-16-18-19-20-21-22-23-24-25-29-32-35-38-44-50-56-62-68-83(88)96-74-81(102-84(89)69-63-57-51-45-39-36-33-30-27-26-28-31-34-37-42-47-53-59-65-77(4)5)76-100-104(93,94)98-72-79(86)71-97-103(91,92)99-75-80(73-95-82(87)67-61-55-49-17-15-13-11-8-2)101-85(90)70-64-58-52-46-41-40-43-48-54-60-66-78(6)9-3/h77-81,86H,7-76H2,1-6H3,(H,91,92)(H,93,94)/t78?,79-,80+,81+/m0/s1. The molecule has 0 aliphatic carbocycles. The van der Waals surface area contributed by atoms with Gasteiger partial charge in [-0.2, -0.15) is 0 Å². The molecular weight excluding hydrogens is 1350 g/mol. The Morgan fingerprint density at radius 2 is 0.490 bits per heavy atom. The average molecular weight is 1520 g/mol. The molecule has 0 aromatic heterocycles. The molecule has 618 valence electrons. The van der Waals surface area contributed by atoms with Gasteiger partial charge in [0, 0.05) is 25.7 Å². The van der Waals surface area contributed by atoms with Crippen molar-refractivity contribution in [2.75, 3.05) is 39.6 Å². The lowest BCUT2D eigenvalue weighted by Gasteiger charge is -2.21. The summed E-state index contributed by atoms with van der Waals surface area (Å²) in [6, 6.07) is 0. The second-order valence-electron chi connectivity index (χ2n) is 31.3. The van der Waals surface area contributed by atoms with E-state index in [1.165, 1.54) is 263 Å². The number of unbranched alkanes of at least 4 members (excludes halogenated alkanes) is 53. The number of rotatable bonds is 84. The van der Waals surface area contributed by atoms with Crippen LogP contribution in [0.25, 0.3) is 0 Å². The van der Waals surface area contributed by atoms with Gasteiger partial charge in [-0.3, -0.25) is 37.3 Å². The minimum absolute atomic E-state index is 0.106. The Morgan fingerprint density at radius 3 is 0.731 bits per heavy atom. The predicted molar refractivity (Wildman–Crippen MR) is 428 cm³/mol. The first-order chi connectivity index (χ1) is 50.4. The molecule has 104 heavy (non-hydrogen) atoms. The van der Waals surface area contributed by atoms with Crippen molar-refractivity contribution >= 4 is 39.5 Å². The van der Waals surface area contributed by atoms with Gasteiger partial charge >= 0.3 is 39.5 Å². The van der Waals surface area contributed by atoms with Crippen LogP contribution in [0.1, 0.15) is 452 Å². The Hall–Kier alpha value is -1.94. The molecule has 0 heterocycles. The lowest BCUT2D eigenvalue weighted by atomic mass is 9.99. The van der Waals surface area contributed by atoms with Crippen molar-refractivity contribution in [3.8, 4) is 0 Å². The highest BCUT2D eigenvalue weighted by atomic mass is 31.2. The Balaban J connectivity index is 5.18. The Kier molecular flexibility index (Phi) is 75.0. The molecule has 3 N–H and O–H groups in total. The fourth-order valence-corrected chi connectivity index (χ4v) is 14.8. The summed E-state index contributed by atoms with van der Waals surface area (Å²) >= 11 is 0. The molecule has 0 amide bonds. The molecule has 0 saturated heterocycles. The minimum atomic E-state index is -4.96. The number of ether oxygens (including phenoxy) is 4. The molecule has 0 bridgehead atoms. The lowest BCUT2D eigenvalue weighted by Crippen LogP contribution is -2.30. The first-order valence-corrected chi connectivity index (χ1v) is 47.0. The van der Waals surface area contributed by atoms with Gasteiger partial charge in [0.2, 0.25) is 0 Å². The molecule has 19 heteroatoms. The summed E-state index contributed by atoms with van der Waals surface area (Å²) in [5, 5.41) is 10.7. The van der Waals surface area contributed by atoms with E-state index < -0.39 is 97.5 Å². The Bertz CT molecular complexity index is 2000. The number of aliphatic hydroxyl groups is 1. The topological polar surface area (TPSA) is 237 Å². The molecule has 0 aliphatic rings. The molecule has 0 aromatic rings. The van der Waals surface area contributed by atoms with Gasteiger partial charge in [0.15, 0.2) is 12.2 Å². The van der Waals surface area contributed by atoms with E-state index >= 15 is 0 Å². The summed E-state index contributed by atoms with van der Waals surface area (Å²) in [5.41, 5.74) is 0. The van der Waals surface area contributed by atoms with Crippen LogP contribution in [-0.2, 0) is 65.4 Å². The van der Waals surface area contributed by atoms with Crippen molar-refractivity contribution in [3.05, 3.63) is 0 Å². The number of carbonyl (C=O) groups is 4. The van der Waals surface area contributed by atoms with E-state index in [4.69, 9.17) is 37.0 Å². The van der Waals surface area contributed by atoms with Gasteiger partial charge in [-0.05, 0) is 37.5 Å². The fraction of sp³-hybridized carbons (Fsp3) is 0.953. The molecule has 0 aliphatic heterocycles. The highest BCUT2D eigenvalue weighted by molar-refractivity contribution is 7.47. The zero-order valence-corrected chi connectivity index (χ0v) is 70.1. The van der Waals surface area contributed by atoms with E-state index in [0.29, 0.717) is 25.7 Å². The van der Waals surface area contributed by atoms with Gasteiger partial charge < -0.3 is 33.8 Å². The molecule has 0 spiro atoms. The Morgan fingerprint density at radius 1 is 0.279 bits per heavy atom. The van der Waals surface area contributed by atoms with Crippen LogP contribution in [0.15, 0.2) is 0 Å². The second kappa shape index (κ2) is 76.4. The van der Waals surface area contributed by atoms with Crippen molar-refractivity contribution in [1.29, 1.82) is 0 Å². The number of hydrogen-bond donors (Lipinski definition) is 3. The molecule has 0 fully saturated rings. The number of hydrogen-bond acceptors (Lipinski definition) is 15. The van der Waals surface area contributed by atoms with Crippen molar-refractivity contribution in [2.45, 2.75) is 471 Å². The molecule has 6 atom stereocenters. The first kappa shape index (κ1) is 102. The van der Waals surface area contributed by atoms with Gasteiger partial charge in [0.05, 0.1) is 26.4 Å². The van der Waals surface area contributed by atoms with Gasteiger partial charge in [-0.1, -0.05) is 401 Å². The number of esters is 4. The molecule has 3 unspecified atom stereocenters. The molecule has 0 rings (SSSR count). The maximum Gasteiger partial charge on any atom is 0.472 e. The van der Waals surface area contributed by atoms with E-state index in [2.05, 4.69) is 41.5 Å². The van der Waals surface area contributed by atoms with E-state index in [1.807, 2.05) is 0 Å². The smallest absolute Gasteiger partial charge is 0.462 e. The fourth-order valence-electron chi connectivity index (χ4n) is 13.2. The maximum absolute atomic E-state index is 13.1. The largest absolute Gasteiger partial charge is 0.472 e. The predicted octanol–water partition coefficient (Wildman–Crippen LogP) is 25.8. The van der Waals surface area contributed by atoms with Crippen LogP contribution >= 0.6 is 15.6 Å². The monoisotopic (exact) mass is 1520 g/mol. The molecular formula is C85H166O17P2. The van der Waals surface area contributed by atoms with Crippen LogP contribution in [-0.4, -0.2) is 96.7 Å². The lowest BCUT2D eigenvalue weighted by molar-refractivity contribution is -0.161. The van der Waals surface area contributed by atoms with Crippen LogP contribution in [0.5, 0.6) is 0 Å². The molecule has 0 aromatic carbocycles. The molecule has 0 saturated carbocycles. The van der Waals surface area contributed by atoms with E-state index in [1.54, 1.807) is 0 Å². The number of aliphatic hydroxyl groups excluding tert-OH is 1. The van der Waals surface area contributed by atoms with Crippen molar-refractivity contribution in [3.63, 3.8) is 0 Å². The summed E-state index contributed by atoms with van der Waals surface area (Å²) < 4.78 is 68.8. The third kappa shape index (κ3) is 76.8. The SMILES string of the molecule is CCCCCCCCCCCCCCCCCCCCCCCC(=O)OC[C@H](COP(=O)(O)OC[C@@H](O)COP(=O)(O)OC[C@@H](COC(=O)CCCCCCCCCC)OC(=O)CCCCCCCCCCCCC(C)CC)OC(=O)CCCCCCCCCCCCCCCCCCCCC(C)C. The maximum atomic E-state index is 13.1. The normalized spacial score (nSPS) is 14.1. The summed E-state index contributed by atoms with van der Waals surface area (Å²) in [6.45, 7) is 9.69. The highest BCUT2D eigenvalue weighted by Gasteiger charge is 2.30. The van der Waals surface area contributed by atoms with Crippen LogP contribution < -0.4 is 0 Å². The number of phosphoric acid groups is 2. The van der Waals surface area contributed by atoms with E-state index in [0.717, 1.165) is 108 Å². The van der Waals surface area contributed by atoms with Gasteiger partial charge in [0.25, 0.3) is 0 Å². The van der Waals surface area contributed by atoms with Crippen molar-refractivity contribution < 1.29 is 80.2 Å². The summed E-state index contributed by atoms with van der Waals surface area (Å²) in [7, 11) is -9.92. The van der Waals surface area contributed by atoms with E-state index in [-0.39, 0.29) is 25.7 Å². The summed E-state index contributed by atoms with van der Waals surface area (Å²) in [5.74, 6) is -0.484. The van der Waals surface area contributed by atoms with E-state index in [9.17, 15) is 43.2 Å². The zero-order valence-electron chi connectivity index (χ0n) is 68.3. The molecule has 0 radical (unpaired) electrons. The summed E-state index contributed by atoms with van der Waals surface area (Å²) in [4.78, 5) is 73.1. The van der Waals surface area contributed by atoms with Crippen LogP contribution in [0.2, 0.25) is 0 Å². The minimum Gasteiger partial charge on any atom is -0.462 e. The third-order valence-corrected chi connectivity index (χ3v) is 22.2. The van der Waals surface area contributed by atoms with Gasteiger partial charge in [-0.25, -0.2) is 9.13 Å². The quantitative estimate of drug-likeness (QED) is 0.0222. The summed E-state index contributed by atoms with van der Waals surface area (Å²) in [6.07, 6.45) is 68.2. The van der Waals surface area contributed by atoms with Gasteiger partial charge in [0.1, 0.15) is 19.3 Å². The number of phosphoric ester groups is 2. The average Bonchev–Trinajstić information content (AvgIpc) is 0.908. The first-order valence-electron chi connectivity index (χ1n) is 44.0. The Labute approximate surface area is 638 Å². The van der Waals surface area contributed by atoms with Crippen molar-refractivity contribution in [2.24, 2.45) is 11.8 Å².